The number of benzene rings is 4. The fraction of sp³-hybridized carbons (Fsp3) is 0.308. The number of rotatable bonds is 13. The Morgan fingerprint density at radius 2 is 1.53 bits per heavy atom. The minimum atomic E-state index is -2.10. The average Bonchev–Trinajstić information content (AvgIpc) is 3.07. The first-order chi connectivity index (χ1) is 21.9. The minimum Gasteiger partial charge on any atom is -0.497 e. The van der Waals surface area contributed by atoms with Crippen molar-refractivity contribution in [2.24, 2.45) is 0 Å². The molecule has 0 radical (unpaired) electrons. The Morgan fingerprint density at radius 3 is 2.27 bits per heavy atom. The SMILES string of the molecule is COc1ccc(COCCCCCC#C[C@@H](C#C[Si](C)(C)c2ccccc2)OC(=O)[C@@H](OC)c2ccc3ccccc3c2)cc1. The lowest BCUT2D eigenvalue weighted by Gasteiger charge is -2.18. The number of esters is 1. The molecule has 0 aliphatic rings. The monoisotopic (exact) mass is 618 g/mol. The summed E-state index contributed by atoms with van der Waals surface area (Å²) in [5.74, 6) is 9.87. The van der Waals surface area contributed by atoms with E-state index in [4.69, 9.17) is 18.9 Å². The molecule has 4 aromatic rings. The van der Waals surface area contributed by atoms with Crippen molar-refractivity contribution >= 4 is 30.0 Å². The number of ether oxygens (including phenoxy) is 4. The molecule has 2 atom stereocenters. The second-order valence-electron chi connectivity index (χ2n) is 11.3. The van der Waals surface area contributed by atoms with Gasteiger partial charge in [-0.05, 0) is 64.0 Å². The van der Waals surface area contributed by atoms with Crippen molar-refractivity contribution in [1.29, 1.82) is 0 Å². The van der Waals surface area contributed by atoms with E-state index in [1.165, 1.54) is 12.3 Å². The molecule has 0 saturated carbocycles. The summed E-state index contributed by atoms with van der Waals surface area (Å²) in [5, 5.41) is 3.34. The van der Waals surface area contributed by atoms with Crippen LogP contribution in [0.25, 0.3) is 10.8 Å². The van der Waals surface area contributed by atoms with Crippen LogP contribution < -0.4 is 9.92 Å². The van der Waals surface area contributed by atoms with Crippen LogP contribution in [-0.4, -0.2) is 41.0 Å². The molecule has 4 aromatic carbocycles. The summed E-state index contributed by atoms with van der Waals surface area (Å²) in [5.41, 5.74) is 5.30. The normalized spacial score (nSPS) is 12.3. The predicted molar refractivity (Wildman–Crippen MR) is 184 cm³/mol. The lowest BCUT2D eigenvalue weighted by atomic mass is 10.0. The summed E-state index contributed by atoms with van der Waals surface area (Å²) in [6.45, 7) is 5.65. The molecule has 6 heteroatoms. The first kappa shape index (κ1) is 33.6. The highest BCUT2D eigenvalue weighted by Gasteiger charge is 2.25. The van der Waals surface area contributed by atoms with Crippen molar-refractivity contribution in [3.05, 3.63) is 108 Å². The summed E-state index contributed by atoms with van der Waals surface area (Å²) >= 11 is 0. The Hall–Kier alpha value is -4.33. The van der Waals surface area contributed by atoms with Gasteiger partial charge in [-0.1, -0.05) is 110 Å². The molecule has 0 fully saturated rings. The van der Waals surface area contributed by atoms with Crippen LogP contribution in [0.5, 0.6) is 5.75 Å². The third-order valence-electron chi connectivity index (χ3n) is 7.52. The van der Waals surface area contributed by atoms with Gasteiger partial charge >= 0.3 is 5.97 Å². The quantitative estimate of drug-likeness (QED) is 0.0677. The van der Waals surface area contributed by atoms with Gasteiger partial charge in [-0.25, -0.2) is 4.79 Å². The van der Waals surface area contributed by atoms with E-state index in [9.17, 15) is 4.79 Å². The zero-order valence-corrected chi connectivity index (χ0v) is 27.7. The van der Waals surface area contributed by atoms with E-state index in [2.05, 4.69) is 48.5 Å². The van der Waals surface area contributed by atoms with E-state index in [1.807, 2.05) is 84.9 Å². The summed E-state index contributed by atoms with van der Waals surface area (Å²) < 4.78 is 22.5. The molecule has 0 aliphatic carbocycles. The minimum absolute atomic E-state index is 0.505. The van der Waals surface area contributed by atoms with Gasteiger partial charge < -0.3 is 18.9 Å². The largest absolute Gasteiger partial charge is 0.497 e. The van der Waals surface area contributed by atoms with E-state index < -0.39 is 26.3 Å². The highest BCUT2D eigenvalue weighted by Crippen LogP contribution is 2.24. The molecular weight excluding hydrogens is 577 g/mol. The molecule has 45 heavy (non-hydrogen) atoms. The van der Waals surface area contributed by atoms with Crippen molar-refractivity contribution in [2.45, 2.75) is 57.6 Å². The van der Waals surface area contributed by atoms with Gasteiger partial charge in [0.1, 0.15) is 5.75 Å². The third-order valence-corrected chi connectivity index (χ3v) is 10.1. The summed E-state index contributed by atoms with van der Waals surface area (Å²) in [4.78, 5) is 13.4. The summed E-state index contributed by atoms with van der Waals surface area (Å²) in [6.07, 6.45) is 1.83. The second-order valence-corrected chi connectivity index (χ2v) is 15.4. The van der Waals surface area contributed by atoms with Gasteiger partial charge in [-0.2, -0.15) is 0 Å². The number of carbonyl (C=O) groups excluding carboxylic acids is 1. The maximum absolute atomic E-state index is 13.4. The smallest absolute Gasteiger partial charge is 0.341 e. The Kier molecular flexibility index (Phi) is 12.8. The number of fused-ring (bicyclic) bond motifs is 1. The van der Waals surface area contributed by atoms with Gasteiger partial charge in [0.2, 0.25) is 6.10 Å². The van der Waals surface area contributed by atoms with Gasteiger partial charge in [-0.15, -0.1) is 5.54 Å². The van der Waals surface area contributed by atoms with E-state index >= 15 is 0 Å². The lowest BCUT2D eigenvalue weighted by Crippen LogP contribution is -2.40. The maximum Gasteiger partial charge on any atom is 0.341 e. The first-order valence-electron chi connectivity index (χ1n) is 15.4. The lowest BCUT2D eigenvalue weighted by molar-refractivity contribution is -0.156. The van der Waals surface area contributed by atoms with Crippen LogP contribution >= 0.6 is 0 Å². The first-order valence-corrected chi connectivity index (χ1v) is 18.4. The van der Waals surface area contributed by atoms with Gasteiger partial charge in [0.05, 0.1) is 13.7 Å². The van der Waals surface area contributed by atoms with E-state index in [0.29, 0.717) is 19.6 Å². The molecule has 0 unspecified atom stereocenters. The molecule has 0 heterocycles. The molecule has 0 aliphatic heterocycles. The van der Waals surface area contributed by atoms with Crippen LogP contribution in [0.15, 0.2) is 97.1 Å². The van der Waals surface area contributed by atoms with Crippen LogP contribution in [-0.2, 0) is 25.6 Å². The highest BCUT2D eigenvalue weighted by atomic mass is 28.3. The molecule has 5 nitrogen and oxygen atoms in total. The third kappa shape index (κ3) is 10.4. The molecule has 0 bridgehead atoms. The van der Waals surface area contributed by atoms with Crippen LogP contribution in [0.2, 0.25) is 13.1 Å². The fourth-order valence-electron chi connectivity index (χ4n) is 4.86. The van der Waals surface area contributed by atoms with E-state index in [-0.39, 0.29) is 0 Å². The second kappa shape index (κ2) is 17.2. The average molecular weight is 619 g/mol. The molecule has 0 aromatic heterocycles. The van der Waals surface area contributed by atoms with Gasteiger partial charge in [0.15, 0.2) is 14.2 Å². The number of hydrogen-bond donors (Lipinski definition) is 0. The summed E-state index contributed by atoms with van der Waals surface area (Å²) in [6, 6.07) is 32.0. The fourth-order valence-corrected chi connectivity index (χ4v) is 6.52. The van der Waals surface area contributed by atoms with Crippen LogP contribution in [0.4, 0.5) is 0 Å². The van der Waals surface area contributed by atoms with Gasteiger partial charge in [0.25, 0.3) is 0 Å². The Balaban J connectivity index is 1.36. The van der Waals surface area contributed by atoms with E-state index in [1.54, 1.807) is 7.11 Å². The number of unbranched alkanes of at least 4 members (excludes halogenated alkanes) is 3. The van der Waals surface area contributed by atoms with Crippen molar-refractivity contribution in [3.63, 3.8) is 0 Å². The molecule has 232 valence electrons. The predicted octanol–water partition coefficient (Wildman–Crippen LogP) is 7.39. The van der Waals surface area contributed by atoms with Crippen molar-refractivity contribution in [3.8, 4) is 29.1 Å². The summed E-state index contributed by atoms with van der Waals surface area (Å²) in [7, 11) is 1.08. The topological polar surface area (TPSA) is 54.0 Å². The van der Waals surface area contributed by atoms with Crippen LogP contribution in [0.3, 0.4) is 0 Å². The number of hydrogen-bond acceptors (Lipinski definition) is 5. The van der Waals surface area contributed by atoms with Gasteiger partial charge in [-0.3, -0.25) is 0 Å². The van der Waals surface area contributed by atoms with Gasteiger partial charge in [0, 0.05) is 20.1 Å². The standard InChI is InChI=1S/C39H42O5Si/c1-41-35-24-20-31(21-25-35)30-43-27-14-7-5-6-9-17-36(26-28-45(3,4)37-18-10-8-11-19-37)44-39(40)38(42-2)34-23-22-32-15-12-13-16-33(32)29-34/h8,10-13,15-16,18-25,29,36,38H,5-7,14,27,30H2,1-4H3/t36-,38-/m0/s1. The Bertz CT molecular complexity index is 1640. The highest BCUT2D eigenvalue weighted by molar-refractivity contribution is 6.96. The van der Waals surface area contributed by atoms with Crippen LogP contribution in [0.1, 0.15) is 42.9 Å². The zero-order valence-electron chi connectivity index (χ0n) is 26.7. The maximum atomic E-state index is 13.4. The number of carbonyl (C=O) groups is 1. The van der Waals surface area contributed by atoms with Crippen molar-refractivity contribution in [1.82, 2.24) is 0 Å². The van der Waals surface area contributed by atoms with Crippen LogP contribution in [0, 0.1) is 23.3 Å². The molecule has 0 saturated heterocycles. The molecule has 4 rings (SSSR count). The molecular formula is C39H42O5Si. The van der Waals surface area contributed by atoms with E-state index in [0.717, 1.165) is 46.9 Å². The zero-order chi connectivity index (χ0) is 31.9. The molecule has 0 N–H and O–H groups in total. The molecule has 0 amide bonds. The molecule has 0 spiro atoms. The van der Waals surface area contributed by atoms with Crippen molar-refractivity contribution in [2.75, 3.05) is 20.8 Å². The Labute approximate surface area is 268 Å². The van der Waals surface area contributed by atoms with Crippen molar-refractivity contribution < 1.29 is 23.7 Å². The number of methoxy groups -OCH3 is 2. The Morgan fingerprint density at radius 1 is 0.800 bits per heavy atom.